The lowest BCUT2D eigenvalue weighted by molar-refractivity contribution is 0.0674. The molecule has 1 amide bonds. The molecule has 0 spiro atoms. The Labute approximate surface area is 128 Å². The number of aryl methyl sites for hydroxylation is 1. The van der Waals surface area contributed by atoms with E-state index in [9.17, 15) is 4.79 Å². The molecule has 1 fully saturated rings. The lowest BCUT2D eigenvalue weighted by Crippen LogP contribution is -2.39. The second-order valence-corrected chi connectivity index (χ2v) is 6.28. The molecule has 0 bridgehead atoms. The predicted molar refractivity (Wildman–Crippen MR) is 88.9 cm³/mol. The number of hydrogen-bond acceptors (Lipinski definition) is 2. The molecule has 0 saturated heterocycles. The first-order valence-corrected chi connectivity index (χ1v) is 8.12. The van der Waals surface area contributed by atoms with Gasteiger partial charge in [-0.05, 0) is 62.3 Å². The number of nitrogens with zero attached hydrogens (tertiary/aromatic N) is 1. The molecule has 1 aliphatic rings. The molecule has 1 aromatic carbocycles. The monoisotopic (exact) mass is 288 g/mol. The molecule has 0 aromatic heterocycles. The summed E-state index contributed by atoms with van der Waals surface area (Å²) in [6.07, 6.45) is 6.09. The minimum atomic E-state index is 0.162. The van der Waals surface area contributed by atoms with Crippen molar-refractivity contribution in [3.63, 3.8) is 0 Å². The lowest BCUT2D eigenvalue weighted by atomic mass is 9.84. The quantitative estimate of drug-likeness (QED) is 0.905. The zero-order valence-electron chi connectivity index (χ0n) is 13.8. The zero-order valence-corrected chi connectivity index (χ0v) is 13.8. The van der Waals surface area contributed by atoms with Gasteiger partial charge in [0.2, 0.25) is 0 Å². The number of nitrogens with one attached hydrogen (secondary N) is 1. The molecule has 1 saturated carbocycles. The van der Waals surface area contributed by atoms with Crippen molar-refractivity contribution < 1.29 is 4.79 Å². The molecule has 0 unspecified atom stereocenters. The minimum Gasteiger partial charge on any atom is -0.388 e. The molecular formula is C18H28N2O. The van der Waals surface area contributed by atoms with Crippen LogP contribution in [0.15, 0.2) is 18.2 Å². The average Bonchev–Trinajstić information content (AvgIpc) is 2.53. The Bertz CT molecular complexity index is 490. The highest BCUT2D eigenvalue weighted by Gasteiger charge is 2.26. The molecule has 1 aromatic rings. The summed E-state index contributed by atoms with van der Waals surface area (Å²) in [5.41, 5.74) is 2.92. The van der Waals surface area contributed by atoms with Crippen molar-refractivity contribution in [1.82, 2.24) is 4.90 Å². The van der Waals surface area contributed by atoms with Crippen molar-refractivity contribution in [2.24, 2.45) is 5.92 Å². The Morgan fingerprint density at radius 2 is 1.95 bits per heavy atom. The summed E-state index contributed by atoms with van der Waals surface area (Å²) in [6.45, 7) is 4.28. The molecule has 1 aliphatic carbocycles. The third-order valence-electron chi connectivity index (χ3n) is 5.01. The first-order chi connectivity index (χ1) is 10.1. The molecule has 1 N–H and O–H groups in total. The van der Waals surface area contributed by atoms with Crippen LogP contribution >= 0.6 is 0 Å². The molecule has 0 atom stereocenters. The van der Waals surface area contributed by atoms with Gasteiger partial charge in [0.05, 0.1) is 0 Å². The highest BCUT2D eigenvalue weighted by molar-refractivity contribution is 5.96. The minimum absolute atomic E-state index is 0.162. The van der Waals surface area contributed by atoms with Crippen LogP contribution in [0.4, 0.5) is 5.69 Å². The molecule has 116 valence electrons. The van der Waals surface area contributed by atoms with Crippen LogP contribution in [0.5, 0.6) is 0 Å². The summed E-state index contributed by atoms with van der Waals surface area (Å²) < 4.78 is 0. The molecule has 0 radical (unpaired) electrons. The van der Waals surface area contributed by atoms with Crippen LogP contribution in [-0.2, 0) is 0 Å². The number of rotatable bonds is 4. The first kappa shape index (κ1) is 15.9. The predicted octanol–water partition coefficient (Wildman–Crippen LogP) is 4.08. The van der Waals surface area contributed by atoms with E-state index in [4.69, 9.17) is 0 Å². The van der Waals surface area contributed by atoms with Gasteiger partial charge in [0.1, 0.15) is 0 Å². The Hall–Kier alpha value is -1.51. The number of anilines is 1. The van der Waals surface area contributed by atoms with Gasteiger partial charge in [0.25, 0.3) is 5.91 Å². The number of carbonyl (C=O) groups is 1. The second-order valence-electron chi connectivity index (χ2n) is 6.28. The molecule has 3 nitrogen and oxygen atoms in total. The van der Waals surface area contributed by atoms with E-state index in [1.54, 1.807) is 0 Å². The Kier molecular flexibility index (Phi) is 5.27. The average molecular weight is 288 g/mol. The fraction of sp³-hybridized carbons (Fsp3) is 0.611. The lowest BCUT2D eigenvalue weighted by Gasteiger charge is -2.34. The maximum absolute atomic E-state index is 12.7. The van der Waals surface area contributed by atoms with Crippen LogP contribution in [0.1, 0.15) is 54.9 Å². The van der Waals surface area contributed by atoms with Gasteiger partial charge in [-0.15, -0.1) is 0 Å². The van der Waals surface area contributed by atoms with E-state index in [1.807, 2.05) is 44.1 Å². The fourth-order valence-electron chi connectivity index (χ4n) is 3.36. The SMILES string of the molecule is CCC1CCC(N(C)C(=O)c2ccc(NC)cc2C)CC1. The van der Waals surface area contributed by atoms with Crippen molar-refractivity contribution in [2.45, 2.75) is 52.0 Å². The molecule has 0 heterocycles. The third-order valence-corrected chi connectivity index (χ3v) is 5.01. The Balaban J connectivity index is 2.06. The normalized spacial score (nSPS) is 21.9. The smallest absolute Gasteiger partial charge is 0.254 e. The maximum atomic E-state index is 12.7. The van der Waals surface area contributed by atoms with E-state index >= 15 is 0 Å². The van der Waals surface area contributed by atoms with Crippen molar-refractivity contribution in [1.29, 1.82) is 0 Å². The zero-order chi connectivity index (χ0) is 15.4. The number of amides is 1. The van der Waals surface area contributed by atoms with Gasteiger partial charge in [-0.25, -0.2) is 0 Å². The summed E-state index contributed by atoms with van der Waals surface area (Å²) in [4.78, 5) is 14.7. The van der Waals surface area contributed by atoms with Gasteiger partial charge < -0.3 is 10.2 Å². The summed E-state index contributed by atoms with van der Waals surface area (Å²) in [6, 6.07) is 6.36. The van der Waals surface area contributed by atoms with Crippen LogP contribution in [0.3, 0.4) is 0 Å². The van der Waals surface area contributed by atoms with Crippen LogP contribution in [0, 0.1) is 12.8 Å². The van der Waals surface area contributed by atoms with Gasteiger partial charge in [0, 0.05) is 31.4 Å². The summed E-state index contributed by atoms with van der Waals surface area (Å²) >= 11 is 0. The topological polar surface area (TPSA) is 32.3 Å². The molecular weight excluding hydrogens is 260 g/mol. The molecule has 2 rings (SSSR count). The highest BCUT2D eigenvalue weighted by Crippen LogP contribution is 2.30. The van der Waals surface area contributed by atoms with Crippen molar-refractivity contribution >= 4 is 11.6 Å². The van der Waals surface area contributed by atoms with E-state index in [0.717, 1.165) is 35.6 Å². The third kappa shape index (κ3) is 3.58. The molecule has 3 heteroatoms. The Morgan fingerprint density at radius 3 is 2.48 bits per heavy atom. The first-order valence-electron chi connectivity index (χ1n) is 8.12. The van der Waals surface area contributed by atoms with Crippen LogP contribution < -0.4 is 5.32 Å². The van der Waals surface area contributed by atoms with E-state index in [2.05, 4.69) is 12.2 Å². The number of carbonyl (C=O) groups excluding carboxylic acids is 1. The van der Waals surface area contributed by atoms with Crippen LogP contribution in [0.2, 0.25) is 0 Å². The van der Waals surface area contributed by atoms with Gasteiger partial charge in [0.15, 0.2) is 0 Å². The van der Waals surface area contributed by atoms with Crippen molar-refractivity contribution in [3.8, 4) is 0 Å². The van der Waals surface area contributed by atoms with E-state index in [0.29, 0.717) is 6.04 Å². The summed E-state index contributed by atoms with van der Waals surface area (Å²) in [5, 5.41) is 3.11. The maximum Gasteiger partial charge on any atom is 0.254 e. The van der Waals surface area contributed by atoms with Crippen LogP contribution in [0.25, 0.3) is 0 Å². The second kappa shape index (κ2) is 6.97. The van der Waals surface area contributed by atoms with Crippen molar-refractivity contribution in [3.05, 3.63) is 29.3 Å². The van der Waals surface area contributed by atoms with Gasteiger partial charge >= 0.3 is 0 Å². The fourth-order valence-corrected chi connectivity index (χ4v) is 3.36. The van der Waals surface area contributed by atoms with Crippen LogP contribution in [-0.4, -0.2) is 30.9 Å². The van der Waals surface area contributed by atoms with E-state index in [-0.39, 0.29) is 5.91 Å². The van der Waals surface area contributed by atoms with Gasteiger partial charge in [-0.2, -0.15) is 0 Å². The molecule has 0 aliphatic heterocycles. The highest BCUT2D eigenvalue weighted by atomic mass is 16.2. The van der Waals surface area contributed by atoms with Crippen molar-refractivity contribution in [2.75, 3.05) is 19.4 Å². The summed E-state index contributed by atoms with van der Waals surface area (Å²) in [7, 11) is 3.86. The van der Waals surface area contributed by atoms with E-state index < -0.39 is 0 Å². The largest absolute Gasteiger partial charge is 0.388 e. The molecule has 21 heavy (non-hydrogen) atoms. The summed E-state index contributed by atoms with van der Waals surface area (Å²) in [5.74, 6) is 1.02. The number of benzene rings is 1. The van der Waals surface area contributed by atoms with E-state index in [1.165, 1.54) is 19.3 Å². The van der Waals surface area contributed by atoms with Gasteiger partial charge in [-0.3, -0.25) is 4.79 Å². The van der Waals surface area contributed by atoms with Gasteiger partial charge in [-0.1, -0.05) is 13.3 Å². The Morgan fingerprint density at radius 1 is 1.29 bits per heavy atom. The number of hydrogen-bond donors (Lipinski definition) is 1. The standard InChI is InChI=1S/C18H28N2O/c1-5-14-6-9-16(10-7-14)20(4)18(21)17-11-8-15(19-3)12-13(17)2/h8,11-12,14,16,19H,5-7,9-10H2,1-4H3.